The first kappa shape index (κ1) is 14.8. The van der Waals surface area contributed by atoms with Gasteiger partial charge in [-0.15, -0.1) is 0 Å². The van der Waals surface area contributed by atoms with E-state index in [1.807, 2.05) is 19.9 Å². The fourth-order valence-electron chi connectivity index (χ4n) is 2.82. The van der Waals surface area contributed by atoms with E-state index in [1.165, 1.54) is 13.5 Å². The van der Waals surface area contributed by atoms with E-state index >= 15 is 0 Å². The zero-order valence-corrected chi connectivity index (χ0v) is 12.4. The predicted octanol–water partition coefficient (Wildman–Crippen LogP) is 1.88. The van der Waals surface area contributed by atoms with Crippen LogP contribution in [0, 0.1) is 6.92 Å². The number of aromatic nitrogens is 1. The molecule has 1 fully saturated rings. The number of anilines is 1. The van der Waals surface area contributed by atoms with E-state index in [0.29, 0.717) is 17.3 Å². The zero-order chi connectivity index (χ0) is 14.7. The first-order valence-corrected chi connectivity index (χ1v) is 7.12. The molecule has 1 saturated heterocycles. The van der Waals surface area contributed by atoms with Crippen molar-refractivity contribution in [1.82, 2.24) is 4.98 Å². The van der Waals surface area contributed by atoms with Crippen LogP contribution in [0.2, 0.25) is 0 Å². The molecular formula is C15H23N3O2. The van der Waals surface area contributed by atoms with Crippen LogP contribution >= 0.6 is 0 Å². The minimum Gasteiger partial charge on any atom is -0.465 e. The topological polar surface area (TPSA) is 68.5 Å². The number of methoxy groups -OCH3 is 1. The number of nitrogens with two attached hydrogens (primary N) is 1. The lowest BCUT2D eigenvalue weighted by atomic mass is 9.97. The van der Waals surface area contributed by atoms with E-state index in [4.69, 9.17) is 10.5 Å². The van der Waals surface area contributed by atoms with Crippen LogP contribution in [0.15, 0.2) is 12.1 Å². The monoisotopic (exact) mass is 277 g/mol. The molecule has 2 unspecified atom stereocenters. The minimum atomic E-state index is -0.344. The highest BCUT2D eigenvalue weighted by Crippen LogP contribution is 2.25. The summed E-state index contributed by atoms with van der Waals surface area (Å²) in [5.74, 6) is 0.557. The Hall–Kier alpha value is -1.62. The smallest absolute Gasteiger partial charge is 0.339 e. The van der Waals surface area contributed by atoms with Gasteiger partial charge in [0.2, 0.25) is 0 Å². The lowest BCUT2D eigenvalue weighted by Crippen LogP contribution is -2.49. The highest BCUT2D eigenvalue weighted by atomic mass is 16.5. The lowest BCUT2D eigenvalue weighted by molar-refractivity contribution is 0.0599. The molecule has 0 amide bonds. The number of rotatable bonds is 3. The van der Waals surface area contributed by atoms with Gasteiger partial charge < -0.3 is 15.4 Å². The van der Waals surface area contributed by atoms with E-state index in [2.05, 4.69) is 9.88 Å². The number of nitrogens with zero attached hydrogens (tertiary/aromatic N) is 2. The van der Waals surface area contributed by atoms with Crippen LogP contribution in [0.1, 0.15) is 42.2 Å². The maximum absolute atomic E-state index is 11.6. The number of hydrogen-bond donors (Lipinski definition) is 1. The first-order chi connectivity index (χ1) is 9.54. The Bertz CT molecular complexity index is 488. The van der Waals surface area contributed by atoms with Gasteiger partial charge in [0.15, 0.2) is 0 Å². The SMILES string of the molecule is COC(=O)c1ccc(N2CCCCC2C(C)N)nc1C. The molecule has 2 atom stereocenters. The van der Waals surface area contributed by atoms with Gasteiger partial charge in [0.1, 0.15) is 5.82 Å². The Morgan fingerprint density at radius 1 is 1.50 bits per heavy atom. The molecule has 1 aromatic heterocycles. The van der Waals surface area contributed by atoms with Crippen LogP contribution in [0.5, 0.6) is 0 Å². The molecule has 1 aromatic rings. The van der Waals surface area contributed by atoms with Gasteiger partial charge in [-0.05, 0) is 45.2 Å². The average molecular weight is 277 g/mol. The van der Waals surface area contributed by atoms with Crippen molar-refractivity contribution in [3.05, 3.63) is 23.4 Å². The Morgan fingerprint density at radius 3 is 2.85 bits per heavy atom. The summed E-state index contributed by atoms with van der Waals surface area (Å²) in [7, 11) is 1.38. The van der Waals surface area contributed by atoms with Gasteiger partial charge in [0.05, 0.1) is 18.4 Å². The third-order valence-corrected chi connectivity index (χ3v) is 3.93. The van der Waals surface area contributed by atoms with Crippen molar-refractivity contribution in [3.8, 4) is 0 Å². The second kappa shape index (κ2) is 6.22. The van der Waals surface area contributed by atoms with Crippen molar-refractivity contribution < 1.29 is 9.53 Å². The van der Waals surface area contributed by atoms with E-state index in [-0.39, 0.29) is 12.0 Å². The van der Waals surface area contributed by atoms with E-state index in [1.54, 1.807) is 6.07 Å². The van der Waals surface area contributed by atoms with Gasteiger partial charge in [-0.3, -0.25) is 0 Å². The molecule has 20 heavy (non-hydrogen) atoms. The van der Waals surface area contributed by atoms with E-state index < -0.39 is 0 Å². The van der Waals surface area contributed by atoms with Crippen LogP contribution in [0.3, 0.4) is 0 Å². The molecule has 1 aliphatic rings. The predicted molar refractivity (Wildman–Crippen MR) is 78.9 cm³/mol. The molecule has 5 heteroatoms. The highest BCUT2D eigenvalue weighted by Gasteiger charge is 2.27. The summed E-state index contributed by atoms with van der Waals surface area (Å²) < 4.78 is 4.75. The average Bonchev–Trinajstić information content (AvgIpc) is 2.46. The number of ether oxygens (including phenoxy) is 1. The molecule has 2 rings (SSSR count). The number of pyridine rings is 1. The third kappa shape index (κ3) is 2.93. The molecule has 0 saturated carbocycles. The number of esters is 1. The Kier molecular flexibility index (Phi) is 4.60. The van der Waals surface area contributed by atoms with Crippen LogP contribution in [-0.4, -0.2) is 36.7 Å². The third-order valence-electron chi connectivity index (χ3n) is 3.93. The molecule has 0 aromatic carbocycles. The summed E-state index contributed by atoms with van der Waals surface area (Å²) >= 11 is 0. The zero-order valence-electron chi connectivity index (χ0n) is 12.4. The minimum absolute atomic E-state index is 0.109. The largest absolute Gasteiger partial charge is 0.465 e. The number of hydrogen-bond acceptors (Lipinski definition) is 5. The van der Waals surface area contributed by atoms with Crippen molar-refractivity contribution in [1.29, 1.82) is 0 Å². The highest BCUT2D eigenvalue weighted by molar-refractivity contribution is 5.90. The van der Waals surface area contributed by atoms with E-state index in [0.717, 1.165) is 25.2 Å². The summed E-state index contributed by atoms with van der Waals surface area (Å²) in [4.78, 5) is 18.4. The summed E-state index contributed by atoms with van der Waals surface area (Å²) in [5.41, 5.74) is 7.31. The fourth-order valence-corrected chi connectivity index (χ4v) is 2.82. The maximum atomic E-state index is 11.6. The van der Waals surface area contributed by atoms with Crippen molar-refractivity contribution in [2.75, 3.05) is 18.6 Å². The lowest BCUT2D eigenvalue weighted by Gasteiger charge is -2.39. The second-order valence-corrected chi connectivity index (χ2v) is 5.41. The van der Waals surface area contributed by atoms with E-state index in [9.17, 15) is 4.79 Å². The van der Waals surface area contributed by atoms with Gasteiger partial charge >= 0.3 is 5.97 Å². The van der Waals surface area contributed by atoms with Gasteiger partial charge in [0, 0.05) is 18.6 Å². The quantitative estimate of drug-likeness (QED) is 0.854. The molecule has 5 nitrogen and oxygen atoms in total. The Morgan fingerprint density at radius 2 is 2.25 bits per heavy atom. The Labute approximate surface area is 120 Å². The molecule has 0 spiro atoms. The molecule has 2 heterocycles. The summed E-state index contributed by atoms with van der Waals surface area (Å²) in [6, 6.07) is 4.10. The summed E-state index contributed by atoms with van der Waals surface area (Å²) in [6.07, 6.45) is 3.46. The molecule has 2 N–H and O–H groups in total. The van der Waals surface area contributed by atoms with Gasteiger partial charge in [0.25, 0.3) is 0 Å². The van der Waals surface area contributed by atoms with Crippen LogP contribution in [0.25, 0.3) is 0 Å². The van der Waals surface area contributed by atoms with Crippen LogP contribution < -0.4 is 10.6 Å². The molecule has 0 bridgehead atoms. The molecular weight excluding hydrogens is 254 g/mol. The number of carbonyl (C=O) groups is 1. The van der Waals surface area contributed by atoms with Gasteiger partial charge in [-0.2, -0.15) is 0 Å². The second-order valence-electron chi connectivity index (χ2n) is 5.41. The summed E-state index contributed by atoms with van der Waals surface area (Å²) in [5, 5.41) is 0. The number of aryl methyl sites for hydroxylation is 1. The standard InChI is InChI=1S/C15H23N3O2/c1-10(16)13-6-4-5-9-18(13)14-8-7-12(11(2)17-14)15(19)20-3/h7-8,10,13H,4-6,9,16H2,1-3H3. The van der Waals surface area contributed by atoms with Crippen molar-refractivity contribution in [2.24, 2.45) is 5.73 Å². The number of piperidine rings is 1. The first-order valence-electron chi connectivity index (χ1n) is 7.12. The van der Waals surface area contributed by atoms with Crippen LogP contribution in [0.4, 0.5) is 5.82 Å². The maximum Gasteiger partial charge on any atom is 0.339 e. The van der Waals surface area contributed by atoms with Crippen molar-refractivity contribution in [3.63, 3.8) is 0 Å². The molecule has 110 valence electrons. The van der Waals surface area contributed by atoms with Gasteiger partial charge in [-0.25, -0.2) is 9.78 Å². The fraction of sp³-hybridized carbons (Fsp3) is 0.600. The van der Waals surface area contributed by atoms with Crippen molar-refractivity contribution >= 4 is 11.8 Å². The molecule has 0 radical (unpaired) electrons. The van der Waals surface area contributed by atoms with Crippen molar-refractivity contribution in [2.45, 2.75) is 45.2 Å². The van der Waals surface area contributed by atoms with Gasteiger partial charge in [-0.1, -0.05) is 0 Å². The normalized spacial score (nSPS) is 20.6. The number of carbonyl (C=O) groups excluding carboxylic acids is 1. The molecule has 0 aliphatic carbocycles. The molecule has 1 aliphatic heterocycles. The van der Waals surface area contributed by atoms with Crippen LogP contribution in [-0.2, 0) is 4.74 Å². The summed E-state index contributed by atoms with van der Waals surface area (Å²) in [6.45, 7) is 4.84. The Balaban J connectivity index is 2.28.